The highest BCUT2D eigenvalue weighted by molar-refractivity contribution is 7.89. The smallest absolute Gasteiger partial charge is 0.276 e. The first-order chi connectivity index (χ1) is 10.0. The minimum absolute atomic E-state index is 0.0390. The van der Waals surface area contributed by atoms with Crippen molar-refractivity contribution in [2.45, 2.75) is 4.90 Å². The number of hydrazone groups is 1. The maximum absolute atomic E-state index is 12.0. The fourth-order valence-electron chi connectivity index (χ4n) is 1.55. The molecule has 0 aromatic heterocycles. The monoisotopic (exact) mass is 324 g/mol. The largest absolute Gasteiger partial charge is 0.497 e. The zero-order valence-corrected chi connectivity index (χ0v) is 12.7. The fourth-order valence-corrected chi connectivity index (χ4v) is 2.60. The second-order valence-corrected chi connectivity index (χ2v) is 6.06. The Balaban J connectivity index is 2.16. The zero-order valence-electron chi connectivity index (χ0n) is 11.2. The van der Waals surface area contributed by atoms with Gasteiger partial charge in [-0.2, -0.15) is 18.4 Å². The molecule has 0 heterocycles. The van der Waals surface area contributed by atoms with Gasteiger partial charge in [0.15, 0.2) is 5.17 Å². The molecule has 0 saturated heterocycles. The predicted octanol–water partition coefficient (Wildman–Crippen LogP) is 2.57. The van der Waals surface area contributed by atoms with Crippen molar-refractivity contribution in [1.82, 2.24) is 4.83 Å². The van der Waals surface area contributed by atoms with Gasteiger partial charge in [-0.05, 0) is 36.4 Å². The van der Waals surface area contributed by atoms with Gasteiger partial charge in [0.2, 0.25) is 0 Å². The standard InChI is InChI=1S/C14H13ClN2O3S/c1-20-12-9-7-11(8-10-12)14(15)16-17-21(18,19)13-5-3-2-4-6-13/h2-10,17H,1H3/b16-14-. The second-order valence-electron chi connectivity index (χ2n) is 4.04. The minimum atomic E-state index is -3.72. The number of ether oxygens (including phenoxy) is 1. The minimum Gasteiger partial charge on any atom is -0.497 e. The maximum Gasteiger partial charge on any atom is 0.276 e. The predicted molar refractivity (Wildman–Crippen MR) is 82.1 cm³/mol. The summed E-state index contributed by atoms with van der Waals surface area (Å²) >= 11 is 5.98. The molecule has 0 spiro atoms. The summed E-state index contributed by atoms with van der Waals surface area (Å²) in [4.78, 5) is 2.22. The van der Waals surface area contributed by atoms with E-state index >= 15 is 0 Å². The van der Waals surface area contributed by atoms with Crippen molar-refractivity contribution in [3.63, 3.8) is 0 Å². The highest BCUT2D eigenvalue weighted by atomic mass is 35.5. The van der Waals surface area contributed by atoms with Crippen LogP contribution in [-0.2, 0) is 10.0 Å². The van der Waals surface area contributed by atoms with Crippen LogP contribution in [0.1, 0.15) is 5.56 Å². The molecule has 0 amide bonds. The lowest BCUT2D eigenvalue weighted by Crippen LogP contribution is -2.19. The molecule has 0 aliphatic rings. The lowest BCUT2D eigenvalue weighted by molar-refractivity contribution is 0.415. The van der Waals surface area contributed by atoms with Gasteiger partial charge < -0.3 is 4.74 Å². The van der Waals surface area contributed by atoms with E-state index in [9.17, 15) is 8.42 Å². The molecule has 0 fully saturated rings. The summed E-state index contributed by atoms with van der Waals surface area (Å²) in [7, 11) is -2.17. The molecular formula is C14H13ClN2O3S. The SMILES string of the molecule is COc1ccc(/C(Cl)=N/NS(=O)(=O)c2ccccc2)cc1. The maximum atomic E-state index is 12.0. The summed E-state index contributed by atoms with van der Waals surface area (Å²) < 4.78 is 29.0. The number of nitrogens with one attached hydrogen (secondary N) is 1. The van der Waals surface area contributed by atoms with Gasteiger partial charge in [0.05, 0.1) is 12.0 Å². The molecule has 0 bridgehead atoms. The molecule has 110 valence electrons. The van der Waals surface area contributed by atoms with Crippen molar-refractivity contribution >= 4 is 26.8 Å². The topological polar surface area (TPSA) is 67.8 Å². The van der Waals surface area contributed by atoms with Crippen LogP contribution in [0.4, 0.5) is 0 Å². The quantitative estimate of drug-likeness (QED) is 0.679. The normalized spacial score (nSPS) is 12.0. The van der Waals surface area contributed by atoms with Gasteiger partial charge in [0, 0.05) is 5.56 Å². The van der Waals surface area contributed by atoms with Gasteiger partial charge in [-0.15, -0.1) is 0 Å². The number of halogens is 1. The number of sulfonamides is 1. The Labute approximate surface area is 128 Å². The van der Waals surface area contributed by atoms with E-state index in [-0.39, 0.29) is 10.1 Å². The van der Waals surface area contributed by atoms with Crippen LogP contribution in [0.5, 0.6) is 5.75 Å². The van der Waals surface area contributed by atoms with E-state index < -0.39 is 10.0 Å². The van der Waals surface area contributed by atoms with Crippen LogP contribution in [0, 0.1) is 0 Å². The third-order valence-electron chi connectivity index (χ3n) is 2.65. The number of rotatable bonds is 5. The molecule has 2 aromatic rings. The van der Waals surface area contributed by atoms with E-state index in [1.165, 1.54) is 12.1 Å². The van der Waals surface area contributed by atoms with E-state index in [2.05, 4.69) is 9.93 Å². The molecule has 0 saturated carbocycles. The van der Waals surface area contributed by atoms with Crippen molar-refractivity contribution in [3.05, 3.63) is 60.2 Å². The molecule has 0 radical (unpaired) electrons. The Morgan fingerprint density at radius 2 is 1.71 bits per heavy atom. The third kappa shape index (κ3) is 3.96. The number of hydrogen-bond acceptors (Lipinski definition) is 4. The molecule has 0 unspecified atom stereocenters. The van der Waals surface area contributed by atoms with Gasteiger partial charge in [0.1, 0.15) is 5.75 Å². The molecule has 0 aliphatic heterocycles. The second kappa shape index (κ2) is 6.60. The molecule has 2 rings (SSSR count). The zero-order chi connectivity index (χ0) is 15.3. The van der Waals surface area contributed by atoms with E-state index in [1.807, 2.05) is 0 Å². The van der Waals surface area contributed by atoms with Crippen LogP contribution in [0.2, 0.25) is 0 Å². The van der Waals surface area contributed by atoms with Crippen LogP contribution < -0.4 is 9.57 Å². The van der Waals surface area contributed by atoms with Crippen molar-refractivity contribution < 1.29 is 13.2 Å². The van der Waals surface area contributed by atoms with Gasteiger partial charge in [-0.1, -0.05) is 29.8 Å². The average Bonchev–Trinajstić information content (AvgIpc) is 2.53. The molecule has 0 aliphatic carbocycles. The van der Waals surface area contributed by atoms with Crippen LogP contribution >= 0.6 is 11.6 Å². The third-order valence-corrected chi connectivity index (χ3v) is 4.17. The number of hydrogen-bond donors (Lipinski definition) is 1. The summed E-state index contributed by atoms with van der Waals surface area (Å²) in [5.74, 6) is 0.674. The Kier molecular flexibility index (Phi) is 4.82. The molecule has 5 nitrogen and oxygen atoms in total. The highest BCUT2D eigenvalue weighted by Crippen LogP contribution is 2.14. The first kappa shape index (κ1) is 15.3. The van der Waals surface area contributed by atoms with Crippen molar-refractivity contribution in [2.24, 2.45) is 5.10 Å². The van der Waals surface area contributed by atoms with Crippen LogP contribution in [0.25, 0.3) is 0 Å². The molecular weight excluding hydrogens is 312 g/mol. The summed E-state index contributed by atoms with van der Waals surface area (Å²) in [5.41, 5.74) is 0.577. The van der Waals surface area contributed by atoms with Crippen LogP contribution in [0.3, 0.4) is 0 Å². The summed E-state index contributed by atoms with van der Waals surface area (Å²) in [5, 5.41) is 3.74. The Morgan fingerprint density at radius 1 is 1.10 bits per heavy atom. The lowest BCUT2D eigenvalue weighted by atomic mass is 10.2. The molecule has 1 N–H and O–H groups in total. The molecule has 21 heavy (non-hydrogen) atoms. The van der Waals surface area contributed by atoms with E-state index in [0.717, 1.165) is 0 Å². The summed E-state index contributed by atoms with van der Waals surface area (Å²) in [6, 6.07) is 14.7. The Morgan fingerprint density at radius 3 is 2.29 bits per heavy atom. The Hall–Kier alpha value is -2.05. The van der Waals surface area contributed by atoms with Gasteiger partial charge in [0.25, 0.3) is 10.0 Å². The van der Waals surface area contributed by atoms with Crippen LogP contribution in [0.15, 0.2) is 64.6 Å². The van der Waals surface area contributed by atoms with Crippen LogP contribution in [-0.4, -0.2) is 20.7 Å². The summed E-state index contributed by atoms with van der Waals surface area (Å²) in [6.07, 6.45) is 0. The molecule has 0 atom stereocenters. The number of methoxy groups -OCH3 is 1. The van der Waals surface area contributed by atoms with Gasteiger partial charge in [-0.3, -0.25) is 0 Å². The molecule has 2 aromatic carbocycles. The van der Waals surface area contributed by atoms with Gasteiger partial charge in [-0.25, -0.2) is 0 Å². The first-order valence-electron chi connectivity index (χ1n) is 5.97. The fraction of sp³-hybridized carbons (Fsp3) is 0.0714. The lowest BCUT2D eigenvalue weighted by Gasteiger charge is -2.05. The first-order valence-corrected chi connectivity index (χ1v) is 7.83. The average molecular weight is 325 g/mol. The Bertz CT molecular complexity index is 729. The molecule has 7 heteroatoms. The van der Waals surface area contributed by atoms with Crippen molar-refractivity contribution in [1.29, 1.82) is 0 Å². The van der Waals surface area contributed by atoms with Crippen molar-refractivity contribution in [3.8, 4) is 5.75 Å². The van der Waals surface area contributed by atoms with Crippen molar-refractivity contribution in [2.75, 3.05) is 7.11 Å². The highest BCUT2D eigenvalue weighted by Gasteiger charge is 2.12. The summed E-state index contributed by atoms with van der Waals surface area (Å²) in [6.45, 7) is 0. The van der Waals surface area contributed by atoms with E-state index in [0.29, 0.717) is 11.3 Å². The van der Waals surface area contributed by atoms with E-state index in [4.69, 9.17) is 16.3 Å². The van der Waals surface area contributed by atoms with E-state index in [1.54, 1.807) is 49.6 Å². The number of benzene rings is 2. The van der Waals surface area contributed by atoms with Gasteiger partial charge >= 0.3 is 0 Å². The number of nitrogens with zero attached hydrogens (tertiary/aromatic N) is 1.